The van der Waals surface area contributed by atoms with Crippen molar-refractivity contribution in [1.82, 2.24) is 0 Å². The summed E-state index contributed by atoms with van der Waals surface area (Å²) in [6.07, 6.45) is 4.87. The van der Waals surface area contributed by atoms with E-state index in [-0.39, 0.29) is 5.97 Å². The van der Waals surface area contributed by atoms with Gasteiger partial charge in [-0.1, -0.05) is 19.8 Å². The second-order valence-corrected chi connectivity index (χ2v) is 8.26. The number of carbonyl (C=O) groups excluding carboxylic acids is 1. The lowest BCUT2D eigenvalue weighted by Crippen LogP contribution is -2.06. The number of carbonyl (C=O) groups is 1. The van der Waals surface area contributed by atoms with Crippen LogP contribution in [-0.2, 0) is 6.42 Å². The van der Waals surface area contributed by atoms with Crippen molar-refractivity contribution in [2.24, 2.45) is 0 Å². The predicted octanol–water partition coefficient (Wildman–Crippen LogP) is 6.31. The summed E-state index contributed by atoms with van der Waals surface area (Å²) >= 11 is 3.31. The van der Waals surface area contributed by atoms with Crippen LogP contribution in [0.25, 0.3) is 9.40 Å². The molecule has 0 saturated carbocycles. The molecule has 3 rings (SSSR count). The van der Waals surface area contributed by atoms with E-state index in [9.17, 15) is 4.79 Å². The molecule has 0 bridgehead atoms. The Morgan fingerprint density at radius 3 is 2.44 bits per heavy atom. The first-order valence-electron chi connectivity index (χ1n) is 8.67. The standard InChI is InChI=1S/C20H22O3S2/c1-3-5-6-7-17-12-14-13-18(25-20(14)24-17)19(21)23-16-10-8-15(9-11-16)22-4-2/h8-13H,3-7H2,1-2H3. The lowest BCUT2D eigenvalue weighted by atomic mass is 10.2. The number of fused-ring (bicyclic) bond motifs is 1. The normalized spacial score (nSPS) is 11.0. The summed E-state index contributed by atoms with van der Waals surface area (Å²) in [7, 11) is 0. The molecule has 0 fully saturated rings. The fourth-order valence-electron chi connectivity index (χ4n) is 2.59. The minimum Gasteiger partial charge on any atom is -0.494 e. The van der Waals surface area contributed by atoms with Crippen LogP contribution >= 0.6 is 22.7 Å². The van der Waals surface area contributed by atoms with E-state index in [1.807, 2.05) is 25.1 Å². The highest BCUT2D eigenvalue weighted by Gasteiger charge is 2.15. The van der Waals surface area contributed by atoms with E-state index in [0.717, 1.165) is 17.6 Å². The highest BCUT2D eigenvalue weighted by molar-refractivity contribution is 7.39. The van der Waals surface area contributed by atoms with Gasteiger partial charge in [0.05, 0.1) is 10.6 Å². The molecular weight excluding hydrogens is 352 g/mol. The van der Waals surface area contributed by atoms with Gasteiger partial charge >= 0.3 is 5.97 Å². The maximum Gasteiger partial charge on any atom is 0.353 e. The van der Waals surface area contributed by atoms with Crippen molar-refractivity contribution in [3.05, 3.63) is 46.2 Å². The number of aryl methyl sites for hydroxylation is 1. The third-order valence-electron chi connectivity index (χ3n) is 3.84. The van der Waals surface area contributed by atoms with E-state index in [1.165, 1.54) is 39.5 Å². The minimum atomic E-state index is -0.301. The quantitative estimate of drug-likeness (QED) is 0.263. The Kier molecular flexibility index (Phi) is 6.10. The smallest absolute Gasteiger partial charge is 0.353 e. The Morgan fingerprint density at radius 2 is 1.76 bits per heavy atom. The summed E-state index contributed by atoms with van der Waals surface area (Å²) in [5.41, 5.74) is 0. The van der Waals surface area contributed by atoms with Crippen LogP contribution in [0, 0.1) is 0 Å². The summed E-state index contributed by atoms with van der Waals surface area (Å²) in [6.45, 7) is 4.77. The van der Waals surface area contributed by atoms with Crippen molar-refractivity contribution in [3.8, 4) is 11.5 Å². The Bertz CT molecular complexity index is 799. The fourth-order valence-corrected chi connectivity index (χ4v) is 5.00. The van der Waals surface area contributed by atoms with Crippen LogP contribution in [0.15, 0.2) is 36.4 Å². The molecule has 0 atom stereocenters. The molecule has 0 N–H and O–H groups in total. The van der Waals surface area contributed by atoms with Gasteiger partial charge in [-0.25, -0.2) is 4.79 Å². The zero-order valence-electron chi connectivity index (χ0n) is 14.5. The first kappa shape index (κ1) is 18.0. The molecule has 0 radical (unpaired) electrons. The van der Waals surface area contributed by atoms with E-state index >= 15 is 0 Å². The first-order valence-corrected chi connectivity index (χ1v) is 10.3. The minimum absolute atomic E-state index is 0.301. The van der Waals surface area contributed by atoms with Gasteiger partial charge in [0.25, 0.3) is 0 Å². The lowest BCUT2D eigenvalue weighted by molar-refractivity contribution is 0.0739. The fraction of sp³-hybridized carbons (Fsp3) is 0.350. The van der Waals surface area contributed by atoms with Crippen LogP contribution in [0.3, 0.4) is 0 Å². The van der Waals surface area contributed by atoms with Crippen LogP contribution in [0.5, 0.6) is 11.5 Å². The first-order chi connectivity index (χ1) is 12.2. The molecule has 132 valence electrons. The summed E-state index contributed by atoms with van der Waals surface area (Å²) in [5.74, 6) is 1.00. The lowest BCUT2D eigenvalue weighted by Gasteiger charge is -2.05. The number of hydrogen-bond acceptors (Lipinski definition) is 5. The molecule has 0 aliphatic rings. The Balaban J connectivity index is 1.64. The van der Waals surface area contributed by atoms with Gasteiger partial charge in [0, 0.05) is 10.3 Å². The summed E-state index contributed by atoms with van der Waals surface area (Å²) in [5, 5.41) is 1.15. The largest absolute Gasteiger partial charge is 0.494 e. The second kappa shape index (κ2) is 8.50. The van der Waals surface area contributed by atoms with Gasteiger partial charge in [-0.3, -0.25) is 0 Å². The molecular formula is C20H22O3S2. The van der Waals surface area contributed by atoms with Crippen LogP contribution < -0.4 is 9.47 Å². The van der Waals surface area contributed by atoms with Crippen molar-refractivity contribution in [2.45, 2.75) is 39.5 Å². The third kappa shape index (κ3) is 4.61. The van der Waals surface area contributed by atoms with Crippen LogP contribution in [0.4, 0.5) is 0 Å². The monoisotopic (exact) mass is 374 g/mol. The zero-order valence-corrected chi connectivity index (χ0v) is 16.2. The molecule has 5 heteroatoms. The molecule has 0 amide bonds. The SMILES string of the molecule is CCCCCc1cc2cc(C(=O)Oc3ccc(OCC)cc3)sc2s1. The van der Waals surface area contributed by atoms with E-state index in [4.69, 9.17) is 9.47 Å². The molecule has 0 unspecified atom stereocenters. The second-order valence-electron chi connectivity index (χ2n) is 5.82. The Morgan fingerprint density at radius 1 is 1.00 bits per heavy atom. The van der Waals surface area contributed by atoms with Crippen molar-refractivity contribution in [1.29, 1.82) is 0 Å². The van der Waals surface area contributed by atoms with Crippen LogP contribution in [-0.4, -0.2) is 12.6 Å². The number of ether oxygens (including phenoxy) is 2. The topological polar surface area (TPSA) is 35.5 Å². The van der Waals surface area contributed by atoms with Gasteiger partial charge in [0.2, 0.25) is 0 Å². The molecule has 2 heterocycles. The Hall–Kier alpha value is -1.85. The zero-order chi connectivity index (χ0) is 17.6. The van der Waals surface area contributed by atoms with Gasteiger partial charge < -0.3 is 9.47 Å². The van der Waals surface area contributed by atoms with Crippen molar-refractivity contribution in [3.63, 3.8) is 0 Å². The van der Waals surface area contributed by atoms with Gasteiger partial charge in [0.15, 0.2) is 0 Å². The average Bonchev–Trinajstić information content (AvgIpc) is 3.16. The molecule has 3 nitrogen and oxygen atoms in total. The van der Waals surface area contributed by atoms with E-state index in [0.29, 0.717) is 17.2 Å². The molecule has 1 aromatic carbocycles. The molecule has 0 saturated heterocycles. The number of benzene rings is 1. The number of thiophene rings is 2. The molecule has 0 aliphatic heterocycles. The molecule has 0 spiro atoms. The highest BCUT2D eigenvalue weighted by Crippen LogP contribution is 2.34. The van der Waals surface area contributed by atoms with E-state index in [2.05, 4.69) is 13.0 Å². The molecule has 0 aliphatic carbocycles. The summed E-state index contributed by atoms with van der Waals surface area (Å²) in [6, 6.07) is 11.3. The predicted molar refractivity (Wildman–Crippen MR) is 106 cm³/mol. The van der Waals surface area contributed by atoms with Gasteiger partial charge in [-0.2, -0.15) is 0 Å². The summed E-state index contributed by atoms with van der Waals surface area (Å²) in [4.78, 5) is 14.4. The van der Waals surface area contributed by atoms with Crippen LogP contribution in [0.1, 0.15) is 47.7 Å². The average molecular weight is 375 g/mol. The van der Waals surface area contributed by atoms with Gasteiger partial charge in [0.1, 0.15) is 16.4 Å². The number of unbranched alkanes of at least 4 members (excludes halogenated alkanes) is 2. The maximum atomic E-state index is 12.3. The molecule has 2 aromatic heterocycles. The van der Waals surface area contributed by atoms with Gasteiger partial charge in [-0.15, -0.1) is 22.7 Å². The van der Waals surface area contributed by atoms with Crippen molar-refractivity contribution in [2.75, 3.05) is 6.61 Å². The van der Waals surface area contributed by atoms with Crippen molar-refractivity contribution >= 4 is 38.0 Å². The van der Waals surface area contributed by atoms with Gasteiger partial charge in [-0.05, 0) is 56.2 Å². The van der Waals surface area contributed by atoms with E-state index in [1.54, 1.807) is 23.5 Å². The molecule has 3 aromatic rings. The molecule has 25 heavy (non-hydrogen) atoms. The number of esters is 1. The maximum absolute atomic E-state index is 12.3. The number of hydrogen-bond donors (Lipinski definition) is 0. The third-order valence-corrected chi connectivity index (χ3v) is 6.27. The van der Waals surface area contributed by atoms with Crippen LogP contribution in [0.2, 0.25) is 0 Å². The number of rotatable bonds is 8. The highest BCUT2D eigenvalue weighted by atomic mass is 32.2. The Labute approximate surface area is 156 Å². The van der Waals surface area contributed by atoms with E-state index < -0.39 is 0 Å². The summed E-state index contributed by atoms with van der Waals surface area (Å²) < 4.78 is 12.1. The van der Waals surface area contributed by atoms with Crippen molar-refractivity contribution < 1.29 is 14.3 Å².